The van der Waals surface area contributed by atoms with Crippen molar-refractivity contribution < 1.29 is 9.53 Å². The molecule has 2 saturated heterocycles. The van der Waals surface area contributed by atoms with E-state index >= 15 is 0 Å². The van der Waals surface area contributed by atoms with Crippen molar-refractivity contribution in [3.63, 3.8) is 0 Å². The monoisotopic (exact) mass is 726 g/mol. The smallest absolute Gasteiger partial charge is 0.220 e. The van der Waals surface area contributed by atoms with Gasteiger partial charge in [0, 0.05) is 59.9 Å². The van der Waals surface area contributed by atoms with Gasteiger partial charge in [0.1, 0.15) is 10.5 Å². The van der Waals surface area contributed by atoms with Crippen molar-refractivity contribution in [3.8, 4) is 34.3 Å². The van der Waals surface area contributed by atoms with Gasteiger partial charge in [0.15, 0.2) is 5.82 Å². The van der Waals surface area contributed by atoms with Crippen LogP contribution in [-0.2, 0) is 17.9 Å². The Bertz CT molecular complexity index is 2070. The number of hydrogen-bond acceptors (Lipinski definition) is 10. The third kappa shape index (κ3) is 7.41. The van der Waals surface area contributed by atoms with Crippen LogP contribution in [0.15, 0.2) is 60.8 Å². The van der Waals surface area contributed by atoms with Gasteiger partial charge >= 0.3 is 0 Å². The van der Waals surface area contributed by atoms with Gasteiger partial charge in [-0.2, -0.15) is 5.26 Å². The maximum atomic E-state index is 11.5. The molecule has 0 saturated carbocycles. The molecule has 7 rings (SSSR count). The van der Waals surface area contributed by atoms with Crippen LogP contribution in [0.1, 0.15) is 36.3 Å². The number of fused-ring (bicyclic) bond motifs is 1. The van der Waals surface area contributed by atoms with E-state index in [9.17, 15) is 10.1 Å². The highest BCUT2D eigenvalue weighted by Crippen LogP contribution is 2.42. The molecule has 50 heavy (non-hydrogen) atoms. The number of amides is 1. The number of thiazole rings is 1. The number of carbonyl (C=O) groups excluding carboxylic acids is 1. The average molecular weight is 728 g/mol. The standard InChI is InChI=1S/C37H36Cl2N8O2S/c1-49-37-23(19-41-20-24-9-11-31(48)43-24)8-10-28(45-37)27-6-2-4-25(33(27)38)26-5-3-7-29(34(26)39)44-36-35-30(12-15-42-36)50-32(46-35)21-47-16-13-22(18-40)14-17-47/h2-8,10,12,15,22,24,41H,9,11,13-14,16-17,19-21H2,1H3,(H,42,44)(H,43,48). The molecular weight excluding hydrogens is 691 g/mol. The molecule has 0 radical (unpaired) electrons. The minimum atomic E-state index is 0.101. The number of piperidine rings is 1. The second-order valence-corrected chi connectivity index (χ2v) is 14.4. The lowest BCUT2D eigenvalue weighted by atomic mass is 9.99. The van der Waals surface area contributed by atoms with E-state index in [0.717, 1.165) is 76.4 Å². The number of hydrogen-bond donors (Lipinski definition) is 3. The minimum absolute atomic E-state index is 0.101. The average Bonchev–Trinajstić information content (AvgIpc) is 3.75. The number of pyridine rings is 2. The van der Waals surface area contributed by atoms with E-state index in [-0.39, 0.29) is 17.9 Å². The van der Waals surface area contributed by atoms with Crippen molar-refractivity contribution in [2.45, 2.75) is 44.8 Å². The number of nitrogens with zero attached hydrogens (tertiary/aromatic N) is 5. The minimum Gasteiger partial charge on any atom is -0.481 e. The molecule has 2 fully saturated rings. The van der Waals surface area contributed by atoms with Crippen LogP contribution in [0.5, 0.6) is 5.88 Å². The Hall–Kier alpha value is -4.31. The molecule has 10 nitrogen and oxygen atoms in total. The Morgan fingerprint density at radius 1 is 1.02 bits per heavy atom. The Balaban J connectivity index is 1.10. The highest BCUT2D eigenvalue weighted by atomic mass is 35.5. The fourth-order valence-electron chi connectivity index (χ4n) is 6.52. The largest absolute Gasteiger partial charge is 0.481 e. The highest BCUT2D eigenvalue weighted by molar-refractivity contribution is 7.18. The molecule has 3 aromatic heterocycles. The SMILES string of the molecule is COc1nc(-c2cccc(-c3cccc(Nc4nccc5sc(CN6CCC(C#N)CC6)nc45)c3Cl)c2Cl)ccc1CNCC1CCC(=O)N1. The van der Waals surface area contributed by atoms with Gasteiger partial charge in [0.2, 0.25) is 11.8 Å². The molecule has 2 aliphatic heterocycles. The van der Waals surface area contributed by atoms with Gasteiger partial charge in [-0.25, -0.2) is 15.0 Å². The molecule has 13 heteroatoms. The third-order valence-corrected chi connectivity index (χ3v) is 11.0. The number of likely N-dealkylation sites (tertiary alicyclic amines) is 1. The summed E-state index contributed by atoms with van der Waals surface area (Å²) >= 11 is 15.8. The topological polar surface area (TPSA) is 128 Å². The Morgan fingerprint density at radius 2 is 1.80 bits per heavy atom. The predicted octanol–water partition coefficient (Wildman–Crippen LogP) is 7.58. The van der Waals surface area contributed by atoms with E-state index < -0.39 is 0 Å². The summed E-state index contributed by atoms with van der Waals surface area (Å²) in [4.78, 5) is 28.3. The zero-order chi connectivity index (χ0) is 34.6. The molecule has 1 unspecified atom stereocenters. The first kappa shape index (κ1) is 34.2. The Morgan fingerprint density at radius 3 is 2.56 bits per heavy atom. The maximum absolute atomic E-state index is 11.5. The van der Waals surface area contributed by atoms with Crippen LogP contribution in [0.4, 0.5) is 11.5 Å². The molecule has 0 spiro atoms. The molecule has 5 aromatic rings. The summed E-state index contributed by atoms with van der Waals surface area (Å²) in [6.45, 7) is 3.79. The van der Waals surface area contributed by atoms with Crippen molar-refractivity contribution in [2.24, 2.45) is 5.92 Å². The summed E-state index contributed by atoms with van der Waals surface area (Å²) < 4.78 is 6.70. The second kappa shape index (κ2) is 15.3. The first-order valence-electron chi connectivity index (χ1n) is 16.7. The Labute approximate surface area is 304 Å². The summed E-state index contributed by atoms with van der Waals surface area (Å²) in [5.41, 5.74) is 5.36. The Kier molecular flexibility index (Phi) is 10.4. The second-order valence-electron chi connectivity index (χ2n) is 12.6. The van der Waals surface area contributed by atoms with E-state index in [1.807, 2.05) is 54.6 Å². The van der Waals surface area contributed by atoms with Crippen molar-refractivity contribution in [1.82, 2.24) is 30.5 Å². The molecular formula is C37H36Cl2N8O2S. The number of halogens is 2. The molecule has 256 valence electrons. The number of ether oxygens (including phenoxy) is 1. The first-order valence-corrected chi connectivity index (χ1v) is 18.2. The van der Waals surface area contributed by atoms with Crippen LogP contribution in [0, 0.1) is 17.2 Å². The van der Waals surface area contributed by atoms with Crippen LogP contribution < -0.4 is 20.7 Å². The lowest BCUT2D eigenvalue weighted by molar-refractivity contribution is -0.119. The van der Waals surface area contributed by atoms with Crippen molar-refractivity contribution in [1.29, 1.82) is 5.26 Å². The van der Waals surface area contributed by atoms with Crippen LogP contribution in [0.2, 0.25) is 10.0 Å². The van der Waals surface area contributed by atoms with Crippen molar-refractivity contribution in [3.05, 3.63) is 81.4 Å². The maximum Gasteiger partial charge on any atom is 0.220 e. The number of nitrogens with one attached hydrogen (secondary N) is 3. The van der Waals surface area contributed by atoms with Crippen LogP contribution >= 0.6 is 34.5 Å². The van der Waals surface area contributed by atoms with Crippen LogP contribution in [-0.4, -0.2) is 58.5 Å². The van der Waals surface area contributed by atoms with E-state index in [4.69, 9.17) is 37.9 Å². The summed E-state index contributed by atoms with van der Waals surface area (Å²) in [7, 11) is 1.60. The number of anilines is 2. The lowest BCUT2D eigenvalue weighted by Gasteiger charge is -2.27. The predicted molar refractivity (Wildman–Crippen MR) is 199 cm³/mol. The van der Waals surface area contributed by atoms with Crippen molar-refractivity contribution >= 4 is 62.2 Å². The van der Waals surface area contributed by atoms with Gasteiger partial charge in [0.25, 0.3) is 0 Å². The molecule has 0 bridgehead atoms. The fourth-order valence-corrected chi connectivity index (χ4v) is 8.12. The summed E-state index contributed by atoms with van der Waals surface area (Å²) in [5, 5.41) is 21.1. The molecule has 1 atom stereocenters. The van der Waals surface area contributed by atoms with Gasteiger partial charge in [-0.3, -0.25) is 9.69 Å². The van der Waals surface area contributed by atoms with Gasteiger partial charge in [-0.15, -0.1) is 11.3 Å². The van der Waals surface area contributed by atoms with E-state index in [1.54, 1.807) is 24.6 Å². The number of carbonyl (C=O) groups is 1. The van der Waals surface area contributed by atoms with Crippen LogP contribution in [0.25, 0.3) is 32.6 Å². The number of nitriles is 1. The number of rotatable bonds is 11. The first-order chi connectivity index (χ1) is 24.4. The summed E-state index contributed by atoms with van der Waals surface area (Å²) in [6.07, 6.45) is 4.99. The molecule has 3 N–H and O–H groups in total. The molecule has 0 aliphatic carbocycles. The quantitative estimate of drug-likeness (QED) is 0.126. The van der Waals surface area contributed by atoms with E-state index in [2.05, 4.69) is 31.9 Å². The molecule has 5 heterocycles. The summed E-state index contributed by atoms with van der Waals surface area (Å²) in [5.74, 6) is 1.39. The summed E-state index contributed by atoms with van der Waals surface area (Å²) in [6, 6.07) is 20.0. The molecule has 1 amide bonds. The molecule has 2 aliphatic rings. The lowest BCUT2D eigenvalue weighted by Crippen LogP contribution is -2.35. The fraction of sp³-hybridized carbons (Fsp3) is 0.324. The number of benzene rings is 2. The van der Waals surface area contributed by atoms with E-state index in [0.29, 0.717) is 52.6 Å². The molecule has 2 aromatic carbocycles. The van der Waals surface area contributed by atoms with Crippen LogP contribution in [0.3, 0.4) is 0 Å². The van der Waals surface area contributed by atoms with Gasteiger partial charge in [-0.05, 0) is 50.6 Å². The normalized spacial score (nSPS) is 16.8. The third-order valence-electron chi connectivity index (χ3n) is 9.22. The number of methoxy groups -OCH3 is 1. The highest BCUT2D eigenvalue weighted by Gasteiger charge is 2.22. The van der Waals surface area contributed by atoms with E-state index in [1.165, 1.54) is 0 Å². The number of aromatic nitrogens is 3. The zero-order valence-corrected chi connectivity index (χ0v) is 29.8. The zero-order valence-electron chi connectivity index (χ0n) is 27.5. The van der Waals surface area contributed by atoms with Gasteiger partial charge < -0.3 is 20.7 Å². The van der Waals surface area contributed by atoms with Gasteiger partial charge in [0.05, 0.1) is 45.9 Å². The van der Waals surface area contributed by atoms with Gasteiger partial charge in [-0.1, -0.05) is 59.6 Å². The van der Waals surface area contributed by atoms with Crippen molar-refractivity contribution in [2.75, 3.05) is 32.1 Å².